The molecule has 1 N–H and O–H groups in total. The largest absolute Gasteiger partial charge is 0.352 e. The second-order valence-electron chi connectivity index (χ2n) is 12.0. The number of anilines is 1. The third kappa shape index (κ3) is 9.03. The van der Waals surface area contributed by atoms with Crippen molar-refractivity contribution in [2.24, 2.45) is 0 Å². The summed E-state index contributed by atoms with van der Waals surface area (Å²) in [6, 6.07) is 29.2. The molecule has 2 amide bonds. The number of halogens is 2. The lowest BCUT2D eigenvalue weighted by atomic mass is 9.94. The van der Waals surface area contributed by atoms with Crippen LogP contribution in [0.3, 0.4) is 0 Å². The van der Waals surface area contributed by atoms with E-state index in [1.54, 1.807) is 43.3 Å². The topological polar surface area (TPSA) is 86.8 Å². The van der Waals surface area contributed by atoms with Crippen molar-refractivity contribution in [1.29, 1.82) is 0 Å². The van der Waals surface area contributed by atoms with E-state index in [9.17, 15) is 18.0 Å². The molecule has 0 heterocycles. The van der Waals surface area contributed by atoms with Gasteiger partial charge in [0.25, 0.3) is 10.0 Å². The van der Waals surface area contributed by atoms with Crippen LogP contribution in [0.5, 0.6) is 0 Å². The Labute approximate surface area is 291 Å². The van der Waals surface area contributed by atoms with Gasteiger partial charge in [-0.25, -0.2) is 8.42 Å². The maximum Gasteiger partial charge on any atom is 0.264 e. The van der Waals surface area contributed by atoms with Gasteiger partial charge >= 0.3 is 0 Å². The Morgan fingerprint density at radius 3 is 2.15 bits per heavy atom. The van der Waals surface area contributed by atoms with Crippen molar-refractivity contribution in [2.45, 2.75) is 69.0 Å². The predicted molar refractivity (Wildman–Crippen MR) is 191 cm³/mol. The van der Waals surface area contributed by atoms with E-state index in [1.807, 2.05) is 54.6 Å². The first-order valence-corrected chi connectivity index (χ1v) is 18.4. The zero-order valence-electron chi connectivity index (χ0n) is 26.3. The van der Waals surface area contributed by atoms with Gasteiger partial charge in [-0.3, -0.25) is 13.9 Å². The van der Waals surface area contributed by atoms with Gasteiger partial charge in [0.1, 0.15) is 12.6 Å². The Morgan fingerprint density at radius 1 is 0.872 bits per heavy atom. The number of carbonyl (C=O) groups excluding carboxylic acids is 2. The number of carbonyl (C=O) groups is 2. The fourth-order valence-corrected chi connectivity index (χ4v) is 8.01. The van der Waals surface area contributed by atoms with E-state index in [2.05, 4.69) is 21.2 Å². The van der Waals surface area contributed by atoms with Gasteiger partial charge in [-0.1, -0.05) is 107 Å². The zero-order chi connectivity index (χ0) is 33.4. The van der Waals surface area contributed by atoms with Crippen molar-refractivity contribution in [1.82, 2.24) is 10.2 Å². The van der Waals surface area contributed by atoms with E-state index in [1.165, 1.54) is 17.0 Å². The molecular weight excluding hydrogens is 698 g/mol. The molecule has 4 aromatic carbocycles. The number of nitrogens with one attached hydrogen (secondary N) is 1. The smallest absolute Gasteiger partial charge is 0.264 e. The van der Waals surface area contributed by atoms with Crippen molar-refractivity contribution >= 4 is 55.1 Å². The summed E-state index contributed by atoms with van der Waals surface area (Å²) in [6.45, 7) is 1.35. The van der Waals surface area contributed by atoms with Crippen LogP contribution in [0.15, 0.2) is 112 Å². The van der Waals surface area contributed by atoms with Crippen molar-refractivity contribution in [3.05, 3.63) is 129 Å². The molecule has 0 bridgehead atoms. The van der Waals surface area contributed by atoms with Crippen molar-refractivity contribution in [3.63, 3.8) is 0 Å². The Morgan fingerprint density at radius 2 is 1.51 bits per heavy atom. The Hall–Kier alpha value is -3.66. The van der Waals surface area contributed by atoms with Crippen LogP contribution in [0.1, 0.15) is 48.8 Å². The number of sulfonamides is 1. The van der Waals surface area contributed by atoms with Crippen LogP contribution in [0.2, 0.25) is 5.02 Å². The first-order valence-electron chi connectivity index (χ1n) is 15.8. The normalized spacial score (nSPS) is 14.3. The molecule has 10 heteroatoms. The lowest BCUT2D eigenvalue weighted by Gasteiger charge is -2.35. The van der Waals surface area contributed by atoms with E-state index in [0.29, 0.717) is 16.3 Å². The highest BCUT2D eigenvalue weighted by Gasteiger charge is 2.35. The number of rotatable bonds is 12. The van der Waals surface area contributed by atoms with Gasteiger partial charge < -0.3 is 10.2 Å². The van der Waals surface area contributed by atoms with Gasteiger partial charge in [0.2, 0.25) is 11.8 Å². The molecule has 1 unspecified atom stereocenters. The highest BCUT2D eigenvalue weighted by Crippen LogP contribution is 2.30. The van der Waals surface area contributed by atoms with Gasteiger partial charge in [0.15, 0.2) is 0 Å². The lowest BCUT2D eigenvalue weighted by Crippen LogP contribution is -2.55. The number of aryl methyl sites for hydroxylation is 1. The van der Waals surface area contributed by atoms with Gasteiger partial charge in [-0.2, -0.15) is 0 Å². The molecular formula is C37H39BrClN3O4S. The molecule has 1 fully saturated rings. The van der Waals surface area contributed by atoms with Gasteiger partial charge in [-0.05, 0) is 78.9 Å². The maximum atomic E-state index is 14.7. The highest BCUT2D eigenvalue weighted by atomic mass is 79.9. The second-order valence-corrected chi connectivity index (χ2v) is 15.2. The van der Waals surface area contributed by atoms with Crippen molar-refractivity contribution in [2.75, 3.05) is 10.8 Å². The Kier molecular flexibility index (Phi) is 11.8. The van der Waals surface area contributed by atoms with Crippen LogP contribution in [-0.4, -0.2) is 43.8 Å². The first-order chi connectivity index (χ1) is 22.6. The van der Waals surface area contributed by atoms with Crippen LogP contribution >= 0.6 is 27.5 Å². The fraction of sp³-hybridized carbons (Fsp3) is 0.297. The van der Waals surface area contributed by atoms with Crippen molar-refractivity contribution in [3.8, 4) is 0 Å². The standard InChI is InChI=1S/C37H39BrClN3O4S/c1-27-23-31(39)21-22-34(27)42(47(45,46)33-15-9-4-10-16-33)26-36(43)41(25-29-17-19-30(38)20-18-29)35(24-28-11-5-2-6-12-28)37(44)40-32-13-7-3-8-14-32/h2,4-6,9-12,15-23,32,35H,3,7-8,13-14,24-26H2,1H3,(H,40,44). The van der Waals surface area contributed by atoms with E-state index >= 15 is 0 Å². The van der Waals surface area contributed by atoms with Crippen LogP contribution in [0.25, 0.3) is 0 Å². The molecule has 5 rings (SSSR count). The summed E-state index contributed by atoms with van der Waals surface area (Å²) in [5.41, 5.74) is 2.64. The minimum Gasteiger partial charge on any atom is -0.352 e. The average molecular weight is 737 g/mol. The van der Waals surface area contributed by atoms with E-state index in [-0.39, 0.29) is 29.8 Å². The third-order valence-corrected chi connectivity index (χ3v) is 11.1. The molecule has 4 aromatic rings. The van der Waals surface area contributed by atoms with Gasteiger partial charge in [-0.15, -0.1) is 0 Å². The van der Waals surface area contributed by atoms with Gasteiger partial charge in [0, 0.05) is 28.5 Å². The molecule has 0 aromatic heterocycles. The van der Waals surface area contributed by atoms with Crippen LogP contribution in [-0.2, 0) is 32.6 Å². The molecule has 7 nitrogen and oxygen atoms in total. The molecule has 246 valence electrons. The molecule has 0 spiro atoms. The summed E-state index contributed by atoms with van der Waals surface area (Å²) in [6.07, 6.45) is 5.29. The summed E-state index contributed by atoms with van der Waals surface area (Å²) in [5.74, 6) is -0.743. The number of nitrogens with zero attached hydrogens (tertiary/aromatic N) is 2. The Bertz CT molecular complexity index is 1770. The van der Waals surface area contributed by atoms with Crippen LogP contribution < -0.4 is 9.62 Å². The minimum absolute atomic E-state index is 0.0332. The number of hydrogen-bond acceptors (Lipinski definition) is 4. The summed E-state index contributed by atoms with van der Waals surface area (Å²) < 4.78 is 30.4. The SMILES string of the molecule is Cc1cc(Cl)ccc1N(CC(=O)N(Cc1ccc(Br)cc1)C(Cc1ccccc1)C(=O)NC1CCCCC1)S(=O)(=O)c1ccccc1. The summed E-state index contributed by atoms with van der Waals surface area (Å²) >= 11 is 9.73. The minimum atomic E-state index is -4.19. The number of benzene rings is 4. The molecule has 1 atom stereocenters. The lowest BCUT2D eigenvalue weighted by molar-refractivity contribution is -0.140. The quantitative estimate of drug-likeness (QED) is 0.162. The molecule has 0 saturated heterocycles. The molecule has 1 aliphatic rings. The van der Waals surface area contributed by atoms with E-state index in [4.69, 9.17) is 11.6 Å². The number of amides is 2. The highest BCUT2D eigenvalue weighted by molar-refractivity contribution is 9.10. The second kappa shape index (κ2) is 16.0. The van der Waals surface area contributed by atoms with Crippen LogP contribution in [0, 0.1) is 6.92 Å². The third-order valence-electron chi connectivity index (χ3n) is 8.53. The average Bonchev–Trinajstić information content (AvgIpc) is 3.07. The van der Waals surface area contributed by atoms with E-state index < -0.39 is 28.5 Å². The monoisotopic (exact) mass is 735 g/mol. The first kappa shape index (κ1) is 34.7. The summed E-state index contributed by atoms with van der Waals surface area (Å²) in [5, 5.41) is 3.69. The zero-order valence-corrected chi connectivity index (χ0v) is 29.5. The number of hydrogen-bond donors (Lipinski definition) is 1. The maximum absolute atomic E-state index is 14.7. The predicted octanol–water partition coefficient (Wildman–Crippen LogP) is 7.70. The molecule has 0 aliphatic heterocycles. The van der Waals surface area contributed by atoms with Crippen molar-refractivity contribution < 1.29 is 18.0 Å². The molecule has 47 heavy (non-hydrogen) atoms. The fourth-order valence-electron chi connectivity index (χ4n) is 6.02. The molecule has 1 saturated carbocycles. The summed E-state index contributed by atoms with van der Waals surface area (Å²) in [4.78, 5) is 30.5. The van der Waals surface area contributed by atoms with Gasteiger partial charge in [0.05, 0.1) is 10.6 Å². The molecule has 1 aliphatic carbocycles. The van der Waals surface area contributed by atoms with E-state index in [0.717, 1.165) is 52.0 Å². The van der Waals surface area contributed by atoms with Crippen LogP contribution in [0.4, 0.5) is 5.69 Å². The summed E-state index contributed by atoms with van der Waals surface area (Å²) in [7, 11) is -4.19. The Balaban J connectivity index is 1.57. The molecule has 0 radical (unpaired) electrons.